The molecule has 3 N–H and O–H groups in total. The molecule has 5 rings (SSSR count). The molecule has 1 aromatic heterocycles. The first kappa shape index (κ1) is 54.3. The lowest BCUT2D eigenvalue weighted by Gasteiger charge is -2.49. The maximum atomic E-state index is 14.7. The number of rotatable bonds is 14. The van der Waals surface area contributed by atoms with Crippen molar-refractivity contribution in [2.75, 3.05) is 55.1 Å². The van der Waals surface area contributed by atoms with E-state index in [1.54, 1.807) is 32.7 Å². The van der Waals surface area contributed by atoms with E-state index in [0.717, 1.165) is 18.5 Å². The van der Waals surface area contributed by atoms with Crippen LogP contribution >= 0.6 is 0 Å². The van der Waals surface area contributed by atoms with Crippen molar-refractivity contribution in [2.24, 2.45) is 23.7 Å². The molecule has 4 heterocycles. The highest BCUT2D eigenvalue weighted by Gasteiger charge is 2.52. The Morgan fingerprint density at radius 2 is 1.58 bits per heavy atom. The molecule has 3 aliphatic heterocycles. The number of esters is 1. The Morgan fingerprint density at radius 1 is 0.894 bits per heavy atom. The Labute approximate surface area is 393 Å². The van der Waals surface area contributed by atoms with Gasteiger partial charge in [0.05, 0.1) is 72.7 Å². The van der Waals surface area contributed by atoms with E-state index in [0.29, 0.717) is 31.6 Å². The first-order valence-corrected chi connectivity index (χ1v) is 24.0. The van der Waals surface area contributed by atoms with Gasteiger partial charge in [0.15, 0.2) is 12.6 Å². The van der Waals surface area contributed by atoms with Crippen molar-refractivity contribution >= 4 is 5.97 Å². The molecular formula is C49H83N5O12. The van der Waals surface area contributed by atoms with Crippen molar-refractivity contribution in [1.82, 2.24) is 24.8 Å². The third-order valence-corrected chi connectivity index (χ3v) is 14.4. The van der Waals surface area contributed by atoms with Gasteiger partial charge in [0.1, 0.15) is 24.0 Å². The summed E-state index contributed by atoms with van der Waals surface area (Å²) >= 11 is 0. The minimum atomic E-state index is -1.11. The maximum Gasteiger partial charge on any atom is 0.311 e. The van der Waals surface area contributed by atoms with Crippen molar-refractivity contribution < 1.29 is 58.0 Å². The molecule has 0 saturated carbocycles. The van der Waals surface area contributed by atoms with E-state index in [-0.39, 0.29) is 43.6 Å². The molecule has 3 fully saturated rings. The molecule has 2 aromatic rings. The number of hydrogen-bond acceptors (Lipinski definition) is 16. The minimum Gasteiger partial charge on any atom is -0.458 e. The molecule has 17 heteroatoms. The molecule has 0 spiro atoms. The third-order valence-electron chi connectivity index (χ3n) is 14.4. The Balaban J connectivity index is 1.49. The lowest BCUT2D eigenvalue weighted by atomic mass is 9.75. The number of aliphatic hydroxyl groups is 3. The monoisotopic (exact) mass is 934 g/mol. The number of ether oxygens (including phenoxy) is 8. The number of methoxy groups -OCH3 is 2. The highest BCUT2D eigenvalue weighted by molar-refractivity contribution is 5.73. The van der Waals surface area contributed by atoms with Gasteiger partial charge >= 0.3 is 5.97 Å². The Bertz CT molecular complexity index is 1790. The molecule has 3 saturated heterocycles. The molecule has 0 aliphatic carbocycles. The Kier molecular flexibility index (Phi) is 19.6. The predicted octanol–water partition coefficient (Wildman–Crippen LogP) is 4.39. The van der Waals surface area contributed by atoms with Gasteiger partial charge in [-0.25, -0.2) is 4.68 Å². The van der Waals surface area contributed by atoms with E-state index in [9.17, 15) is 20.1 Å². The smallest absolute Gasteiger partial charge is 0.311 e. The van der Waals surface area contributed by atoms with Crippen LogP contribution in [0, 0.1) is 23.7 Å². The van der Waals surface area contributed by atoms with Crippen molar-refractivity contribution in [3.63, 3.8) is 0 Å². The van der Waals surface area contributed by atoms with Gasteiger partial charge in [0, 0.05) is 45.7 Å². The topological polar surface area (TPSA) is 189 Å². The fourth-order valence-electron chi connectivity index (χ4n) is 10.3. The van der Waals surface area contributed by atoms with Gasteiger partial charge < -0.3 is 63.0 Å². The molecule has 376 valence electrons. The normalized spacial score (nSPS) is 39.3. The van der Waals surface area contributed by atoms with Crippen molar-refractivity contribution in [3.05, 3.63) is 41.7 Å². The van der Waals surface area contributed by atoms with Crippen LogP contribution in [0.25, 0.3) is 5.69 Å². The summed E-state index contributed by atoms with van der Waals surface area (Å²) in [4.78, 5) is 18.8. The van der Waals surface area contributed by atoms with E-state index in [2.05, 4.69) is 29.4 Å². The summed E-state index contributed by atoms with van der Waals surface area (Å²) in [7, 11) is 8.92. The summed E-state index contributed by atoms with van der Waals surface area (Å²) in [6, 6.07) is 7.98. The van der Waals surface area contributed by atoms with Crippen molar-refractivity contribution in [1.29, 1.82) is 0 Å². The number of carbonyl (C=O) groups excluding carboxylic acids is 1. The van der Waals surface area contributed by atoms with Gasteiger partial charge in [-0.05, 0) is 105 Å². The zero-order chi connectivity index (χ0) is 48.7. The summed E-state index contributed by atoms with van der Waals surface area (Å²) in [5, 5.41) is 43.5. The van der Waals surface area contributed by atoms with E-state index < -0.39 is 84.3 Å². The lowest BCUT2D eigenvalue weighted by molar-refractivity contribution is -0.319. The zero-order valence-electron chi connectivity index (χ0n) is 42.2. The average Bonchev–Trinajstić information content (AvgIpc) is 3.75. The number of nitrogens with zero attached hydrogens (tertiary/aromatic N) is 5. The van der Waals surface area contributed by atoms with Gasteiger partial charge in [-0.3, -0.25) is 4.79 Å². The van der Waals surface area contributed by atoms with E-state index >= 15 is 0 Å². The molecule has 66 heavy (non-hydrogen) atoms. The van der Waals surface area contributed by atoms with Gasteiger partial charge in [-0.2, -0.15) is 0 Å². The second kappa shape index (κ2) is 23.8. The summed E-state index contributed by atoms with van der Waals surface area (Å²) in [6.45, 7) is 18.3. The van der Waals surface area contributed by atoms with Crippen molar-refractivity contribution in [2.45, 2.75) is 180 Å². The molecular weight excluding hydrogens is 851 g/mol. The van der Waals surface area contributed by atoms with E-state index in [1.165, 1.54) is 5.56 Å². The largest absolute Gasteiger partial charge is 0.458 e. The predicted molar refractivity (Wildman–Crippen MR) is 248 cm³/mol. The zero-order valence-corrected chi connectivity index (χ0v) is 42.2. The fourth-order valence-corrected chi connectivity index (χ4v) is 10.3. The number of hydrogen-bond donors (Lipinski definition) is 3. The maximum absolute atomic E-state index is 14.7. The molecule has 0 amide bonds. The summed E-state index contributed by atoms with van der Waals surface area (Å²) < 4.78 is 53.2. The van der Waals surface area contributed by atoms with Crippen LogP contribution in [0.5, 0.6) is 0 Å². The van der Waals surface area contributed by atoms with Crippen LogP contribution in [0.2, 0.25) is 0 Å². The van der Waals surface area contributed by atoms with Crippen LogP contribution in [0.15, 0.2) is 30.5 Å². The number of aromatic nitrogens is 3. The van der Waals surface area contributed by atoms with Crippen molar-refractivity contribution in [3.8, 4) is 5.69 Å². The summed E-state index contributed by atoms with van der Waals surface area (Å²) in [6.07, 6.45) is -3.09. The second-order valence-electron chi connectivity index (χ2n) is 20.3. The number of aliphatic hydroxyl groups excluding tert-OH is 3. The third kappa shape index (κ3) is 13.4. The highest BCUT2D eigenvalue weighted by Crippen LogP contribution is 2.41. The van der Waals surface area contributed by atoms with E-state index in [4.69, 9.17) is 37.9 Å². The van der Waals surface area contributed by atoms with Crippen LogP contribution in [0.4, 0.5) is 0 Å². The molecule has 0 radical (unpaired) electrons. The molecule has 17 nitrogen and oxygen atoms in total. The number of likely N-dealkylation sites (N-methyl/N-ethyl adjacent to an activating group) is 2. The molecule has 1 aromatic carbocycles. The SMILES string of the molecule is CCCc1ccc(-n2cc(COC[C@@H]3CN(C)C[C@@H](C)[C@@H](O)[C@H](C)C[C@@](C)(OC)[C@H](O[C@@H]4O[C@H](C)C[C@H](N(C)C)[C@H]4O)[C@@H](C)[C@H](O[C@H]4C[C@@](C)(OC)[C@@H](O)[C@H](C)O4)[C@@H](C)C(=O)O3)nn2)cc1. The van der Waals surface area contributed by atoms with Gasteiger partial charge in [-0.15, -0.1) is 5.10 Å². The van der Waals surface area contributed by atoms with Crippen LogP contribution in [-0.2, 0) is 55.7 Å². The van der Waals surface area contributed by atoms with Gasteiger partial charge in [0.25, 0.3) is 0 Å². The van der Waals surface area contributed by atoms with E-state index in [1.807, 2.05) is 90.8 Å². The molecule has 0 bridgehead atoms. The van der Waals surface area contributed by atoms with Gasteiger partial charge in [-0.1, -0.05) is 51.5 Å². The summed E-state index contributed by atoms with van der Waals surface area (Å²) in [5.74, 6) is -2.57. The summed E-state index contributed by atoms with van der Waals surface area (Å²) in [5.41, 5.74) is 0.650. The number of aryl methyl sites for hydroxylation is 1. The van der Waals surface area contributed by atoms with Crippen LogP contribution in [-0.4, -0.2) is 180 Å². The first-order valence-electron chi connectivity index (χ1n) is 24.0. The Morgan fingerprint density at radius 3 is 2.21 bits per heavy atom. The number of carbonyl (C=O) groups is 1. The molecule has 3 aliphatic rings. The van der Waals surface area contributed by atoms with Crippen LogP contribution < -0.4 is 0 Å². The standard InChI is InChI=1S/C49H83N5O12/c1-15-16-35-17-19-37(20-18-35)54-25-36(50-51-54)27-61-28-38-26-53(12)24-30(3)41(55)29(2)22-49(9,60-14)45(66-47-42(56)39(52(10)11)21-31(4)62-47)32(5)43(33(6)46(58)64-38)65-40-23-48(8,59-13)44(57)34(7)63-40/h17-20,25,29-34,38-45,47,55-57H,15-16,21-24,26-28H2,1-14H3/t29-,30-,31-,32+,33-,34+,38+,39+,40+,41+,42-,43+,44+,45-,47+,48-,49-/m1/s1. The fraction of sp³-hybridized carbons (Fsp3) is 0.816. The molecule has 0 unspecified atom stereocenters. The highest BCUT2D eigenvalue weighted by atomic mass is 16.7. The average molecular weight is 934 g/mol. The number of benzene rings is 1. The van der Waals surface area contributed by atoms with Crippen LogP contribution in [0.3, 0.4) is 0 Å². The Hall–Kier alpha value is -2.65. The minimum absolute atomic E-state index is 0.0543. The lowest BCUT2D eigenvalue weighted by Crippen LogP contribution is -2.61. The quantitative estimate of drug-likeness (QED) is 0.226. The molecule has 17 atom stereocenters. The van der Waals surface area contributed by atoms with Gasteiger partial charge in [0.2, 0.25) is 0 Å². The first-order chi connectivity index (χ1) is 31.1. The second-order valence-corrected chi connectivity index (χ2v) is 20.3. The number of cyclic esters (lactones) is 1. The van der Waals surface area contributed by atoms with Crippen LogP contribution in [0.1, 0.15) is 99.3 Å².